The largest absolute Gasteiger partial charge is 0.481 e. The summed E-state index contributed by atoms with van der Waals surface area (Å²) in [5.74, 6) is 0.152. The van der Waals surface area contributed by atoms with E-state index in [-0.39, 0.29) is 17.5 Å². The predicted molar refractivity (Wildman–Crippen MR) is 87.3 cm³/mol. The number of aromatic nitrogens is 2. The van der Waals surface area contributed by atoms with E-state index in [4.69, 9.17) is 9.47 Å². The molecule has 116 valence electrons. The summed E-state index contributed by atoms with van der Waals surface area (Å²) in [6, 6.07) is 13.5. The Morgan fingerprint density at radius 3 is 2.43 bits per heavy atom. The van der Waals surface area contributed by atoms with E-state index in [1.165, 1.54) is 14.2 Å². The first-order valence-electron chi connectivity index (χ1n) is 7.14. The van der Waals surface area contributed by atoms with E-state index >= 15 is 0 Å². The van der Waals surface area contributed by atoms with Gasteiger partial charge in [0.25, 0.3) is 0 Å². The van der Waals surface area contributed by atoms with Crippen LogP contribution in [0.2, 0.25) is 0 Å². The van der Waals surface area contributed by atoms with Gasteiger partial charge in [0.05, 0.1) is 14.2 Å². The molecule has 0 N–H and O–H groups in total. The second-order valence-corrected chi connectivity index (χ2v) is 5.05. The van der Waals surface area contributed by atoms with Crippen LogP contribution in [0.25, 0.3) is 10.8 Å². The fourth-order valence-corrected chi connectivity index (χ4v) is 2.54. The molecule has 0 fully saturated rings. The second kappa shape index (κ2) is 6.04. The Kier molecular flexibility index (Phi) is 3.93. The Hall–Kier alpha value is -2.95. The second-order valence-electron chi connectivity index (χ2n) is 5.05. The van der Waals surface area contributed by atoms with E-state index in [1.807, 2.05) is 36.4 Å². The van der Waals surface area contributed by atoms with Crippen molar-refractivity contribution in [2.24, 2.45) is 0 Å². The summed E-state index contributed by atoms with van der Waals surface area (Å²) in [5.41, 5.74) is 1.46. The van der Waals surface area contributed by atoms with Crippen LogP contribution in [0, 0.1) is 6.92 Å². The monoisotopic (exact) mass is 308 g/mol. The number of carbonyl (C=O) groups excluding carboxylic acids is 1. The SMILES string of the molecule is COc1nc(OC)c(C)c(C(=O)c2cccc3ccccc23)n1. The molecule has 0 aliphatic carbocycles. The first-order chi connectivity index (χ1) is 11.2. The van der Waals surface area contributed by atoms with Gasteiger partial charge in [-0.25, -0.2) is 0 Å². The summed E-state index contributed by atoms with van der Waals surface area (Å²) in [7, 11) is 2.96. The van der Waals surface area contributed by atoms with Crippen LogP contribution in [0.15, 0.2) is 42.5 Å². The van der Waals surface area contributed by atoms with Crippen LogP contribution in [0.1, 0.15) is 21.6 Å². The Bertz CT molecular complexity index is 885. The third-order valence-electron chi connectivity index (χ3n) is 3.71. The van der Waals surface area contributed by atoms with Crippen molar-refractivity contribution in [3.8, 4) is 11.9 Å². The standard InChI is InChI=1S/C18H16N2O3/c1-11-15(19-18(23-3)20-17(11)22-2)16(21)14-10-6-8-12-7-4-5-9-13(12)14/h4-10H,1-3H3. The van der Waals surface area contributed by atoms with Crippen LogP contribution in [0.5, 0.6) is 11.9 Å². The molecule has 5 nitrogen and oxygen atoms in total. The lowest BCUT2D eigenvalue weighted by molar-refractivity contribution is 0.103. The number of hydrogen-bond acceptors (Lipinski definition) is 5. The number of rotatable bonds is 4. The highest BCUT2D eigenvalue weighted by atomic mass is 16.5. The first kappa shape index (κ1) is 15.0. The van der Waals surface area contributed by atoms with Gasteiger partial charge in [0.1, 0.15) is 5.69 Å². The molecule has 3 rings (SSSR count). The van der Waals surface area contributed by atoms with E-state index in [1.54, 1.807) is 13.0 Å². The molecule has 0 saturated heterocycles. The van der Waals surface area contributed by atoms with Gasteiger partial charge in [0, 0.05) is 11.1 Å². The maximum Gasteiger partial charge on any atom is 0.320 e. The summed E-state index contributed by atoms with van der Waals surface area (Å²) in [6.45, 7) is 1.76. The molecular formula is C18H16N2O3. The molecule has 3 aromatic rings. The third-order valence-corrected chi connectivity index (χ3v) is 3.71. The van der Waals surface area contributed by atoms with Crippen LogP contribution in [-0.2, 0) is 0 Å². The fourth-order valence-electron chi connectivity index (χ4n) is 2.54. The van der Waals surface area contributed by atoms with Crippen LogP contribution in [0.4, 0.5) is 0 Å². The third kappa shape index (κ3) is 2.61. The molecule has 0 radical (unpaired) electrons. The first-order valence-corrected chi connectivity index (χ1v) is 7.14. The Labute approximate surface area is 133 Å². The molecule has 0 amide bonds. The number of nitrogens with zero attached hydrogens (tertiary/aromatic N) is 2. The van der Waals surface area contributed by atoms with Crippen molar-refractivity contribution in [1.29, 1.82) is 0 Å². The molecule has 0 unspecified atom stereocenters. The molecule has 0 aliphatic heterocycles. The van der Waals surface area contributed by atoms with Gasteiger partial charge in [-0.2, -0.15) is 9.97 Å². The Balaban J connectivity index is 2.20. The quantitative estimate of drug-likeness (QED) is 0.693. The van der Waals surface area contributed by atoms with E-state index in [0.717, 1.165) is 10.8 Å². The lowest BCUT2D eigenvalue weighted by atomic mass is 9.98. The summed E-state index contributed by atoms with van der Waals surface area (Å²) < 4.78 is 10.3. The van der Waals surface area contributed by atoms with E-state index in [9.17, 15) is 4.79 Å². The smallest absolute Gasteiger partial charge is 0.320 e. The highest BCUT2D eigenvalue weighted by Gasteiger charge is 2.21. The van der Waals surface area contributed by atoms with Crippen molar-refractivity contribution in [3.63, 3.8) is 0 Å². The van der Waals surface area contributed by atoms with Crippen LogP contribution in [0.3, 0.4) is 0 Å². The molecule has 0 saturated carbocycles. The van der Waals surface area contributed by atoms with Gasteiger partial charge in [-0.05, 0) is 17.7 Å². The molecule has 1 aromatic heterocycles. The lowest BCUT2D eigenvalue weighted by Crippen LogP contribution is -2.11. The summed E-state index contributed by atoms with van der Waals surface area (Å²) in [6.07, 6.45) is 0. The number of carbonyl (C=O) groups is 1. The normalized spacial score (nSPS) is 10.6. The zero-order valence-corrected chi connectivity index (χ0v) is 13.2. The van der Waals surface area contributed by atoms with Gasteiger partial charge >= 0.3 is 6.01 Å². The van der Waals surface area contributed by atoms with Crippen molar-refractivity contribution in [2.75, 3.05) is 14.2 Å². The molecular weight excluding hydrogens is 292 g/mol. The minimum atomic E-state index is -0.182. The zero-order chi connectivity index (χ0) is 16.4. The van der Waals surface area contributed by atoms with Gasteiger partial charge in [-0.3, -0.25) is 4.79 Å². The van der Waals surface area contributed by atoms with Crippen LogP contribution in [-0.4, -0.2) is 30.0 Å². The molecule has 23 heavy (non-hydrogen) atoms. The number of hydrogen-bond donors (Lipinski definition) is 0. The molecule has 1 heterocycles. The minimum absolute atomic E-state index is 0.107. The molecule has 0 spiro atoms. The van der Waals surface area contributed by atoms with Crippen molar-refractivity contribution >= 4 is 16.6 Å². The van der Waals surface area contributed by atoms with Gasteiger partial charge in [-0.15, -0.1) is 0 Å². The van der Waals surface area contributed by atoms with Crippen molar-refractivity contribution < 1.29 is 14.3 Å². The molecule has 0 bridgehead atoms. The predicted octanol–water partition coefficient (Wildman–Crippen LogP) is 3.19. The Morgan fingerprint density at radius 1 is 0.957 bits per heavy atom. The van der Waals surface area contributed by atoms with Crippen LogP contribution < -0.4 is 9.47 Å². The molecule has 5 heteroatoms. The zero-order valence-electron chi connectivity index (χ0n) is 13.2. The van der Waals surface area contributed by atoms with E-state index in [0.29, 0.717) is 17.0 Å². The summed E-state index contributed by atoms with van der Waals surface area (Å²) in [5, 5.41) is 1.89. The van der Waals surface area contributed by atoms with Gasteiger partial charge in [-0.1, -0.05) is 42.5 Å². The van der Waals surface area contributed by atoms with Crippen molar-refractivity contribution in [3.05, 3.63) is 59.3 Å². The van der Waals surface area contributed by atoms with Crippen molar-refractivity contribution in [2.45, 2.75) is 6.92 Å². The topological polar surface area (TPSA) is 61.3 Å². The van der Waals surface area contributed by atoms with Crippen molar-refractivity contribution in [1.82, 2.24) is 9.97 Å². The molecule has 2 aromatic carbocycles. The van der Waals surface area contributed by atoms with Crippen LogP contribution >= 0.6 is 0 Å². The highest BCUT2D eigenvalue weighted by Crippen LogP contribution is 2.26. The number of benzene rings is 2. The lowest BCUT2D eigenvalue weighted by Gasteiger charge is -2.11. The molecule has 0 atom stereocenters. The van der Waals surface area contributed by atoms with E-state index < -0.39 is 0 Å². The highest BCUT2D eigenvalue weighted by molar-refractivity contribution is 6.16. The Morgan fingerprint density at radius 2 is 1.70 bits per heavy atom. The number of ketones is 1. The fraction of sp³-hybridized carbons (Fsp3) is 0.167. The van der Waals surface area contributed by atoms with Gasteiger partial charge < -0.3 is 9.47 Å². The summed E-state index contributed by atoms with van der Waals surface area (Å²) >= 11 is 0. The molecule has 0 aliphatic rings. The maximum atomic E-state index is 13.0. The number of methoxy groups -OCH3 is 2. The maximum absolute atomic E-state index is 13.0. The minimum Gasteiger partial charge on any atom is -0.481 e. The van der Waals surface area contributed by atoms with Gasteiger partial charge in [0.2, 0.25) is 11.7 Å². The number of fused-ring (bicyclic) bond motifs is 1. The van der Waals surface area contributed by atoms with E-state index in [2.05, 4.69) is 9.97 Å². The number of ether oxygens (including phenoxy) is 2. The van der Waals surface area contributed by atoms with Gasteiger partial charge in [0.15, 0.2) is 0 Å². The average Bonchev–Trinajstić information content (AvgIpc) is 2.61. The summed E-state index contributed by atoms with van der Waals surface area (Å²) in [4.78, 5) is 21.3. The average molecular weight is 308 g/mol.